The van der Waals surface area contributed by atoms with Gasteiger partial charge in [-0.2, -0.15) is 0 Å². The van der Waals surface area contributed by atoms with Gasteiger partial charge in [0.25, 0.3) is 0 Å². The lowest BCUT2D eigenvalue weighted by atomic mass is 10.1. The van der Waals surface area contributed by atoms with Crippen LogP contribution in [0, 0.1) is 12.3 Å². The first-order chi connectivity index (χ1) is 10.0. The molecule has 0 aliphatic rings. The molecular weight excluding hydrogens is 272 g/mol. The van der Waals surface area contributed by atoms with Crippen LogP contribution in [0.15, 0.2) is 42.5 Å². The molecule has 2 N–H and O–H groups in total. The predicted molar refractivity (Wildman–Crippen MR) is 74.8 cm³/mol. The van der Waals surface area contributed by atoms with E-state index in [9.17, 15) is 14.7 Å². The van der Waals surface area contributed by atoms with Crippen LogP contribution < -0.4 is 4.74 Å². The number of hydrogen-bond acceptors (Lipinski definition) is 3. The first kappa shape index (κ1) is 14.2. The zero-order valence-electron chi connectivity index (χ0n) is 10.7. The number of para-hydroxylation sites is 1. The van der Waals surface area contributed by atoms with Crippen molar-refractivity contribution < 1.29 is 24.5 Å². The number of carbonyl (C=O) groups is 2. The van der Waals surface area contributed by atoms with E-state index in [2.05, 4.69) is 5.92 Å². The van der Waals surface area contributed by atoms with E-state index in [1.807, 2.05) is 0 Å². The SMILES string of the molecule is C#Cc1ccccc1Oc1cccc(C(=O)O)c1C(=O)O. The normalized spacial score (nSPS) is 9.67. The fourth-order valence-corrected chi connectivity index (χ4v) is 1.81. The Kier molecular flexibility index (Phi) is 3.91. The quantitative estimate of drug-likeness (QED) is 0.842. The molecule has 2 rings (SSSR count). The zero-order valence-corrected chi connectivity index (χ0v) is 10.7. The second-order valence-electron chi connectivity index (χ2n) is 4.03. The highest BCUT2D eigenvalue weighted by Crippen LogP contribution is 2.29. The van der Waals surface area contributed by atoms with Crippen molar-refractivity contribution in [3.63, 3.8) is 0 Å². The Morgan fingerprint density at radius 2 is 1.62 bits per heavy atom. The fourth-order valence-electron chi connectivity index (χ4n) is 1.81. The van der Waals surface area contributed by atoms with Gasteiger partial charge < -0.3 is 14.9 Å². The highest BCUT2D eigenvalue weighted by molar-refractivity contribution is 6.03. The molecule has 0 fully saturated rings. The monoisotopic (exact) mass is 282 g/mol. The number of ether oxygens (including phenoxy) is 1. The smallest absolute Gasteiger partial charge is 0.340 e. The molecule has 0 aliphatic heterocycles. The molecule has 0 spiro atoms. The van der Waals surface area contributed by atoms with Gasteiger partial charge in [-0.05, 0) is 24.3 Å². The number of carboxylic acid groups (broad SMARTS) is 2. The standard InChI is InChI=1S/C16H10O5/c1-2-10-6-3-4-8-12(10)21-13-9-5-7-11(15(17)18)14(13)16(19)20/h1,3-9H,(H,17,18)(H,19,20). The van der Waals surface area contributed by atoms with E-state index in [0.717, 1.165) is 0 Å². The lowest BCUT2D eigenvalue weighted by Crippen LogP contribution is -2.09. The summed E-state index contributed by atoms with van der Waals surface area (Å²) in [5, 5.41) is 18.3. The first-order valence-electron chi connectivity index (χ1n) is 5.87. The molecule has 104 valence electrons. The summed E-state index contributed by atoms with van der Waals surface area (Å²) in [6.07, 6.45) is 5.34. The van der Waals surface area contributed by atoms with Crippen molar-refractivity contribution in [2.75, 3.05) is 0 Å². The van der Waals surface area contributed by atoms with Gasteiger partial charge in [-0.3, -0.25) is 0 Å². The number of terminal acetylenes is 1. The molecule has 2 aromatic carbocycles. The molecule has 0 amide bonds. The Labute approximate surface area is 120 Å². The molecule has 0 aliphatic carbocycles. The van der Waals surface area contributed by atoms with Gasteiger partial charge in [-0.15, -0.1) is 6.42 Å². The molecule has 5 heteroatoms. The van der Waals surface area contributed by atoms with Crippen LogP contribution in [0.3, 0.4) is 0 Å². The summed E-state index contributed by atoms with van der Waals surface area (Å²) >= 11 is 0. The molecule has 0 radical (unpaired) electrons. The van der Waals surface area contributed by atoms with Crippen LogP contribution in [0.25, 0.3) is 0 Å². The summed E-state index contributed by atoms with van der Waals surface area (Å²) in [5.41, 5.74) is -0.329. The molecular formula is C16H10O5. The van der Waals surface area contributed by atoms with E-state index >= 15 is 0 Å². The van der Waals surface area contributed by atoms with Crippen LogP contribution in [-0.4, -0.2) is 22.2 Å². The Balaban J connectivity index is 2.55. The molecule has 0 aromatic heterocycles. The number of rotatable bonds is 4. The van der Waals surface area contributed by atoms with Crippen LogP contribution in [0.4, 0.5) is 0 Å². The second-order valence-corrected chi connectivity index (χ2v) is 4.03. The van der Waals surface area contributed by atoms with Crippen molar-refractivity contribution in [3.8, 4) is 23.8 Å². The number of carboxylic acids is 2. The Bertz CT molecular complexity index is 756. The number of hydrogen-bond donors (Lipinski definition) is 2. The minimum absolute atomic E-state index is 0.0786. The topological polar surface area (TPSA) is 83.8 Å². The van der Waals surface area contributed by atoms with Gasteiger partial charge in [0, 0.05) is 0 Å². The van der Waals surface area contributed by atoms with Crippen molar-refractivity contribution in [2.24, 2.45) is 0 Å². The summed E-state index contributed by atoms with van der Waals surface area (Å²) in [4.78, 5) is 22.4. The van der Waals surface area contributed by atoms with Gasteiger partial charge in [0.15, 0.2) is 0 Å². The van der Waals surface area contributed by atoms with E-state index in [1.165, 1.54) is 18.2 Å². The third-order valence-electron chi connectivity index (χ3n) is 2.73. The molecule has 0 unspecified atom stereocenters. The zero-order chi connectivity index (χ0) is 15.4. The van der Waals surface area contributed by atoms with Crippen molar-refractivity contribution >= 4 is 11.9 Å². The molecule has 0 atom stereocenters. The third kappa shape index (κ3) is 2.85. The molecule has 0 bridgehead atoms. The molecule has 0 saturated heterocycles. The van der Waals surface area contributed by atoms with Crippen LogP contribution >= 0.6 is 0 Å². The van der Waals surface area contributed by atoms with Gasteiger partial charge in [-0.1, -0.05) is 24.1 Å². The third-order valence-corrected chi connectivity index (χ3v) is 2.73. The molecule has 21 heavy (non-hydrogen) atoms. The summed E-state index contributed by atoms with van der Waals surface area (Å²) in [6, 6.07) is 10.6. The maximum absolute atomic E-state index is 11.3. The number of aromatic carboxylic acids is 2. The van der Waals surface area contributed by atoms with Gasteiger partial charge in [0.05, 0.1) is 11.1 Å². The average Bonchev–Trinajstić information content (AvgIpc) is 2.47. The van der Waals surface area contributed by atoms with Gasteiger partial charge in [0.2, 0.25) is 0 Å². The average molecular weight is 282 g/mol. The van der Waals surface area contributed by atoms with Crippen molar-refractivity contribution in [3.05, 3.63) is 59.2 Å². The molecule has 0 heterocycles. The van der Waals surface area contributed by atoms with Crippen LogP contribution in [0.1, 0.15) is 26.3 Å². The van der Waals surface area contributed by atoms with E-state index in [0.29, 0.717) is 5.56 Å². The molecule has 0 saturated carbocycles. The summed E-state index contributed by atoms with van der Waals surface area (Å²) in [5.74, 6) is -0.115. The maximum Gasteiger partial charge on any atom is 0.340 e. The van der Waals surface area contributed by atoms with Gasteiger partial charge in [-0.25, -0.2) is 9.59 Å². The second kappa shape index (κ2) is 5.80. The Morgan fingerprint density at radius 1 is 0.952 bits per heavy atom. The molecule has 5 nitrogen and oxygen atoms in total. The summed E-state index contributed by atoms with van der Waals surface area (Å²) < 4.78 is 5.50. The van der Waals surface area contributed by atoms with Crippen molar-refractivity contribution in [1.29, 1.82) is 0 Å². The largest absolute Gasteiger partial charge is 0.478 e. The Hall–Kier alpha value is -3.26. The lowest BCUT2D eigenvalue weighted by Gasteiger charge is -2.11. The van der Waals surface area contributed by atoms with E-state index in [4.69, 9.17) is 16.3 Å². The highest BCUT2D eigenvalue weighted by atomic mass is 16.5. The van der Waals surface area contributed by atoms with Crippen molar-refractivity contribution in [2.45, 2.75) is 0 Å². The Morgan fingerprint density at radius 3 is 2.24 bits per heavy atom. The van der Waals surface area contributed by atoms with Crippen LogP contribution in [0.2, 0.25) is 0 Å². The fraction of sp³-hybridized carbons (Fsp3) is 0. The number of benzene rings is 2. The van der Waals surface area contributed by atoms with Gasteiger partial charge >= 0.3 is 11.9 Å². The van der Waals surface area contributed by atoms with E-state index < -0.39 is 17.5 Å². The van der Waals surface area contributed by atoms with Crippen LogP contribution in [0.5, 0.6) is 11.5 Å². The molecule has 2 aromatic rings. The van der Waals surface area contributed by atoms with Gasteiger partial charge in [0.1, 0.15) is 17.1 Å². The minimum atomic E-state index is -1.39. The predicted octanol–water partition coefficient (Wildman–Crippen LogP) is 2.86. The maximum atomic E-state index is 11.3. The lowest BCUT2D eigenvalue weighted by molar-refractivity contribution is 0.0649. The van der Waals surface area contributed by atoms with Crippen molar-refractivity contribution in [1.82, 2.24) is 0 Å². The van der Waals surface area contributed by atoms with E-state index in [1.54, 1.807) is 24.3 Å². The van der Waals surface area contributed by atoms with Crippen LogP contribution in [-0.2, 0) is 0 Å². The van der Waals surface area contributed by atoms with E-state index in [-0.39, 0.29) is 17.1 Å². The minimum Gasteiger partial charge on any atom is -0.478 e. The first-order valence-corrected chi connectivity index (χ1v) is 5.87. The summed E-state index contributed by atoms with van der Waals surface area (Å²) in [7, 11) is 0. The summed E-state index contributed by atoms with van der Waals surface area (Å²) in [6.45, 7) is 0. The highest BCUT2D eigenvalue weighted by Gasteiger charge is 2.21.